The van der Waals surface area contributed by atoms with Crippen LogP contribution in [0.1, 0.15) is 28.9 Å². The molecule has 22 heavy (non-hydrogen) atoms. The molecule has 0 atom stereocenters. The van der Waals surface area contributed by atoms with E-state index in [1.807, 2.05) is 24.3 Å². The van der Waals surface area contributed by atoms with Crippen LogP contribution in [0.25, 0.3) is 0 Å². The zero-order chi connectivity index (χ0) is 15.4. The molecule has 114 valence electrons. The first-order chi connectivity index (χ1) is 10.8. The van der Waals surface area contributed by atoms with Gasteiger partial charge >= 0.3 is 0 Å². The van der Waals surface area contributed by atoms with Gasteiger partial charge in [0, 0.05) is 24.2 Å². The van der Waals surface area contributed by atoms with Gasteiger partial charge in [-0.05, 0) is 18.9 Å². The number of nitrogens with one attached hydrogen (secondary N) is 2. The van der Waals surface area contributed by atoms with Crippen molar-refractivity contribution < 1.29 is 9.53 Å². The topological polar surface area (TPSA) is 76.1 Å². The SMILES string of the molecule is COc1ccccc1CNC(=O)c1cc(NC2CC2)ncn1. The Hall–Kier alpha value is -2.63. The molecule has 0 radical (unpaired) electrons. The normalized spacial score (nSPS) is 13.5. The molecule has 6 heteroatoms. The molecular formula is C16H18N4O2. The number of carbonyl (C=O) groups is 1. The molecule has 1 amide bonds. The molecule has 1 heterocycles. The van der Waals surface area contributed by atoms with Crippen LogP contribution in [-0.4, -0.2) is 29.0 Å². The van der Waals surface area contributed by atoms with E-state index in [1.165, 1.54) is 6.33 Å². The highest BCUT2D eigenvalue weighted by molar-refractivity contribution is 5.92. The summed E-state index contributed by atoms with van der Waals surface area (Å²) in [7, 11) is 1.61. The predicted octanol–water partition coefficient (Wildman–Crippen LogP) is 1.99. The van der Waals surface area contributed by atoms with E-state index < -0.39 is 0 Å². The molecule has 1 aromatic heterocycles. The summed E-state index contributed by atoms with van der Waals surface area (Å²) in [4.78, 5) is 20.4. The van der Waals surface area contributed by atoms with Crippen molar-refractivity contribution in [1.29, 1.82) is 0 Å². The third kappa shape index (κ3) is 3.52. The maximum absolute atomic E-state index is 12.2. The largest absolute Gasteiger partial charge is 0.496 e. The third-order valence-electron chi connectivity index (χ3n) is 3.46. The van der Waals surface area contributed by atoms with Crippen molar-refractivity contribution in [3.63, 3.8) is 0 Å². The first kappa shape index (κ1) is 14.3. The number of nitrogens with zero attached hydrogens (tertiary/aromatic N) is 2. The third-order valence-corrected chi connectivity index (χ3v) is 3.46. The number of rotatable bonds is 6. The fourth-order valence-corrected chi connectivity index (χ4v) is 2.11. The van der Waals surface area contributed by atoms with Gasteiger partial charge in [0.25, 0.3) is 5.91 Å². The summed E-state index contributed by atoms with van der Waals surface area (Å²) in [5, 5.41) is 6.10. The van der Waals surface area contributed by atoms with Gasteiger partial charge in [-0.25, -0.2) is 9.97 Å². The highest BCUT2D eigenvalue weighted by Gasteiger charge is 2.21. The average Bonchev–Trinajstić information content (AvgIpc) is 3.37. The molecule has 2 aromatic rings. The molecule has 1 saturated carbocycles. The van der Waals surface area contributed by atoms with E-state index in [9.17, 15) is 4.79 Å². The van der Waals surface area contributed by atoms with Gasteiger partial charge in [0.2, 0.25) is 0 Å². The molecule has 1 aliphatic carbocycles. The molecular weight excluding hydrogens is 280 g/mol. The quantitative estimate of drug-likeness (QED) is 0.853. The predicted molar refractivity (Wildman–Crippen MR) is 82.8 cm³/mol. The molecule has 0 bridgehead atoms. The lowest BCUT2D eigenvalue weighted by Gasteiger charge is -2.10. The van der Waals surface area contributed by atoms with E-state index in [0.717, 1.165) is 24.2 Å². The number of hydrogen-bond acceptors (Lipinski definition) is 5. The summed E-state index contributed by atoms with van der Waals surface area (Å²) in [5.41, 5.74) is 1.27. The second kappa shape index (κ2) is 6.43. The van der Waals surface area contributed by atoms with Crippen molar-refractivity contribution in [3.8, 4) is 5.75 Å². The highest BCUT2D eigenvalue weighted by Crippen LogP contribution is 2.23. The summed E-state index contributed by atoms with van der Waals surface area (Å²) < 4.78 is 5.27. The standard InChI is InChI=1S/C16H18N4O2/c1-22-14-5-3-2-4-11(14)9-17-16(21)13-8-15(19-10-18-13)20-12-6-7-12/h2-5,8,10,12H,6-7,9H2,1H3,(H,17,21)(H,18,19,20). The Morgan fingerprint density at radius 1 is 1.32 bits per heavy atom. The van der Waals surface area contributed by atoms with Gasteiger partial charge in [0.15, 0.2) is 0 Å². The second-order valence-electron chi connectivity index (χ2n) is 5.20. The Morgan fingerprint density at radius 3 is 2.91 bits per heavy atom. The lowest BCUT2D eigenvalue weighted by atomic mass is 10.2. The van der Waals surface area contributed by atoms with Crippen LogP contribution in [0.4, 0.5) is 5.82 Å². The Balaban J connectivity index is 1.64. The Labute approximate surface area is 128 Å². The molecule has 0 saturated heterocycles. The number of carbonyl (C=O) groups excluding carboxylic acids is 1. The monoisotopic (exact) mass is 298 g/mol. The lowest BCUT2D eigenvalue weighted by molar-refractivity contribution is 0.0945. The number of hydrogen-bond donors (Lipinski definition) is 2. The number of ether oxygens (including phenoxy) is 1. The number of aromatic nitrogens is 2. The maximum Gasteiger partial charge on any atom is 0.270 e. The van der Waals surface area contributed by atoms with E-state index in [1.54, 1.807) is 13.2 Å². The van der Waals surface area contributed by atoms with Gasteiger partial charge in [-0.1, -0.05) is 18.2 Å². The van der Waals surface area contributed by atoms with Crippen LogP contribution < -0.4 is 15.4 Å². The molecule has 1 aromatic carbocycles. The zero-order valence-corrected chi connectivity index (χ0v) is 12.4. The van der Waals surface area contributed by atoms with E-state index in [-0.39, 0.29) is 5.91 Å². The molecule has 0 aliphatic heterocycles. The molecule has 1 fully saturated rings. The minimum Gasteiger partial charge on any atom is -0.496 e. The van der Waals surface area contributed by atoms with Crippen molar-refractivity contribution in [1.82, 2.24) is 15.3 Å². The minimum atomic E-state index is -0.229. The minimum absolute atomic E-state index is 0.229. The van der Waals surface area contributed by atoms with Gasteiger partial charge in [-0.3, -0.25) is 4.79 Å². The van der Waals surface area contributed by atoms with Crippen LogP contribution in [-0.2, 0) is 6.54 Å². The van der Waals surface area contributed by atoms with Gasteiger partial charge < -0.3 is 15.4 Å². The molecule has 6 nitrogen and oxygen atoms in total. The van der Waals surface area contributed by atoms with Crippen LogP contribution in [0.2, 0.25) is 0 Å². The molecule has 2 N–H and O–H groups in total. The summed E-state index contributed by atoms with van der Waals surface area (Å²) in [5.74, 6) is 1.22. The van der Waals surface area contributed by atoms with Crippen LogP contribution in [0.15, 0.2) is 36.7 Å². The van der Waals surface area contributed by atoms with Gasteiger partial charge in [-0.2, -0.15) is 0 Å². The van der Waals surface area contributed by atoms with Crippen molar-refractivity contribution >= 4 is 11.7 Å². The fourth-order valence-electron chi connectivity index (χ4n) is 2.11. The number of amides is 1. The molecule has 1 aliphatic rings. The van der Waals surface area contributed by atoms with E-state index in [4.69, 9.17) is 4.74 Å². The van der Waals surface area contributed by atoms with Crippen LogP contribution >= 0.6 is 0 Å². The lowest BCUT2D eigenvalue weighted by Crippen LogP contribution is -2.24. The maximum atomic E-state index is 12.2. The van der Waals surface area contributed by atoms with Crippen molar-refractivity contribution in [2.45, 2.75) is 25.4 Å². The van der Waals surface area contributed by atoms with E-state index in [0.29, 0.717) is 24.1 Å². The Kier molecular flexibility index (Phi) is 4.18. The summed E-state index contributed by atoms with van der Waals surface area (Å²) >= 11 is 0. The number of methoxy groups -OCH3 is 1. The zero-order valence-electron chi connectivity index (χ0n) is 12.4. The van der Waals surface area contributed by atoms with E-state index >= 15 is 0 Å². The molecule has 0 spiro atoms. The first-order valence-corrected chi connectivity index (χ1v) is 7.25. The van der Waals surface area contributed by atoms with Crippen LogP contribution in [0.3, 0.4) is 0 Å². The van der Waals surface area contributed by atoms with Crippen molar-refractivity contribution in [2.75, 3.05) is 12.4 Å². The summed E-state index contributed by atoms with van der Waals surface area (Å²) in [6, 6.07) is 9.75. The first-order valence-electron chi connectivity index (χ1n) is 7.25. The van der Waals surface area contributed by atoms with Crippen molar-refractivity contribution in [3.05, 3.63) is 47.9 Å². The average molecular weight is 298 g/mol. The van der Waals surface area contributed by atoms with Crippen LogP contribution in [0, 0.1) is 0 Å². The highest BCUT2D eigenvalue weighted by atomic mass is 16.5. The molecule has 3 rings (SSSR count). The van der Waals surface area contributed by atoms with E-state index in [2.05, 4.69) is 20.6 Å². The van der Waals surface area contributed by atoms with Crippen molar-refractivity contribution in [2.24, 2.45) is 0 Å². The Morgan fingerprint density at radius 2 is 2.14 bits per heavy atom. The summed E-state index contributed by atoms with van der Waals surface area (Å²) in [6.07, 6.45) is 3.71. The fraction of sp³-hybridized carbons (Fsp3) is 0.312. The van der Waals surface area contributed by atoms with Gasteiger partial charge in [0.1, 0.15) is 23.6 Å². The van der Waals surface area contributed by atoms with Gasteiger partial charge in [-0.15, -0.1) is 0 Å². The number of para-hydroxylation sites is 1. The number of anilines is 1. The Bertz CT molecular complexity index is 671. The molecule has 0 unspecified atom stereocenters. The van der Waals surface area contributed by atoms with Gasteiger partial charge in [0.05, 0.1) is 7.11 Å². The van der Waals surface area contributed by atoms with Crippen LogP contribution in [0.5, 0.6) is 5.75 Å². The summed E-state index contributed by atoms with van der Waals surface area (Å²) in [6.45, 7) is 0.387. The smallest absolute Gasteiger partial charge is 0.270 e. The number of benzene rings is 1. The second-order valence-corrected chi connectivity index (χ2v) is 5.20.